The summed E-state index contributed by atoms with van der Waals surface area (Å²) in [6.07, 6.45) is -2.75. The third-order valence-corrected chi connectivity index (χ3v) is 2.77. The molecule has 0 fully saturated rings. The van der Waals surface area contributed by atoms with Gasteiger partial charge in [0.15, 0.2) is 3.70 Å². The van der Waals surface area contributed by atoms with Gasteiger partial charge < -0.3 is 0 Å². The Bertz CT molecular complexity index is 388. The minimum absolute atomic E-state index is 0.0499. The van der Waals surface area contributed by atoms with Crippen molar-refractivity contribution in [1.29, 1.82) is 0 Å². The third kappa shape index (κ3) is 2.35. The summed E-state index contributed by atoms with van der Waals surface area (Å²) in [5.41, 5.74) is -0.776. The first-order valence-corrected chi connectivity index (χ1v) is 5.09. The van der Waals surface area contributed by atoms with Crippen molar-refractivity contribution >= 4 is 44.2 Å². The number of rotatable bonds is 2. The summed E-state index contributed by atoms with van der Waals surface area (Å²) in [6, 6.07) is 1.02. The zero-order chi connectivity index (χ0) is 10.9. The van der Waals surface area contributed by atoms with Crippen LogP contribution in [-0.2, 0) is 0 Å². The molecule has 0 spiro atoms. The smallest absolute Gasteiger partial charge is 0.258 e. The van der Waals surface area contributed by atoms with Crippen LogP contribution in [0.1, 0.15) is 12.1 Å². The SMILES string of the molecule is O=[N+]([O-])c1cc(Br)c(C(F)F)nc1I. The Labute approximate surface area is 99.1 Å². The van der Waals surface area contributed by atoms with Crippen LogP contribution in [0.2, 0.25) is 0 Å². The first kappa shape index (κ1) is 11.7. The Morgan fingerprint density at radius 2 is 2.21 bits per heavy atom. The van der Waals surface area contributed by atoms with E-state index in [-0.39, 0.29) is 13.9 Å². The second-order valence-corrected chi connectivity index (χ2v) is 4.10. The number of alkyl halides is 2. The zero-order valence-electron chi connectivity index (χ0n) is 6.38. The quantitative estimate of drug-likeness (QED) is 0.343. The fourth-order valence-electron chi connectivity index (χ4n) is 0.751. The fraction of sp³-hybridized carbons (Fsp3) is 0.167. The van der Waals surface area contributed by atoms with Crippen LogP contribution >= 0.6 is 38.5 Å². The van der Waals surface area contributed by atoms with Crippen LogP contribution in [-0.4, -0.2) is 9.91 Å². The lowest BCUT2D eigenvalue weighted by Gasteiger charge is -2.02. The summed E-state index contributed by atoms with van der Waals surface area (Å²) in [7, 11) is 0. The maximum absolute atomic E-state index is 12.3. The van der Waals surface area contributed by atoms with E-state index >= 15 is 0 Å². The van der Waals surface area contributed by atoms with Gasteiger partial charge in [-0.2, -0.15) is 0 Å². The number of aromatic nitrogens is 1. The molecule has 0 unspecified atom stereocenters. The average Bonchev–Trinajstić information content (AvgIpc) is 2.07. The van der Waals surface area contributed by atoms with Gasteiger partial charge in [0, 0.05) is 6.07 Å². The second kappa shape index (κ2) is 4.43. The zero-order valence-corrected chi connectivity index (χ0v) is 10.1. The molecule has 1 aromatic heterocycles. The molecule has 0 saturated carbocycles. The highest BCUT2D eigenvalue weighted by Crippen LogP contribution is 2.31. The Kier molecular flexibility index (Phi) is 3.70. The lowest BCUT2D eigenvalue weighted by atomic mass is 10.3. The van der Waals surface area contributed by atoms with Crippen molar-refractivity contribution < 1.29 is 13.7 Å². The van der Waals surface area contributed by atoms with E-state index < -0.39 is 17.0 Å². The van der Waals surface area contributed by atoms with Crippen molar-refractivity contribution in [2.45, 2.75) is 6.43 Å². The van der Waals surface area contributed by atoms with E-state index in [1.54, 1.807) is 22.6 Å². The third-order valence-electron chi connectivity index (χ3n) is 1.34. The normalized spacial score (nSPS) is 10.6. The highest BCUT2D eigenvalue weighted by atomic mass is 127. The van der Waals surface area contributed by atoms with Crippen LogP contribution in [0.4, 0.5) is 14.5 Å². The molecule has 0 radical (unpaired) electrons. The summed E-state index contributed by atoms with van der Waals surface area (Å²) in [4.78, 5) is 13.2. The van der Waals surface area contributed by atoms with Crippen LogP contribution in [0.15, 0.2) is 10.5 Å². The van der Waals surface area contributed by atoms with Gasteiger partial charge in [-0.1, -0.05) is 0 Å². The van der Waals surface area contributed by atoms with Gasteiger partial charge in [0.1, 0.15) is 5.69 Å². The van der Waals surface area contributed by atoms with Crippen molar-refractivity contribution in [2.75, 3.05) is 0 Å². The lowest BCUT2D eigenvalue weighted by molar-refractivity contribution is -0.386. The van der Waals surface area contributed by atoms with Gasteiger partial charge in [0.2, 0.25) is 0 Å². The molecular weight excluding hydrogens is 377 g/mol. The van der Waals surface area contributed by atoms with E-state index in [1.807, 2.05) is 0 Å². The molecule has 4 nitrogen and oxygen atoms in total. The van der Waals surface area contributed by atoms with E-state index in [0.29, 0.717) is 0 Å². The molecule has 14 heavy (non-hydrogen) atoms. The minimum atomic E-state index is -2.75. The maximum Gasteiger partial charge on any atom is 0.302 e. The molecule has 0 aliphatic heterocycles. The van der Waals surface area contributed by atoms with Crippen LogP contribution in [0.5, 0.6) is 0 Å². The first-order valence-electron chi connectivity index (χ1n) is 3.22. The van der Waals surface area contributed by atoms with Gasteiger partial charge in [-0.25, -0.2) is 13.8 Å². The van der Waals surface area contributed by atoms with Gasteiger partial charge >= 0.3 is 5.69 Å². The van der Waals surface area contributed by atoms with Gasteiger partial charge in [-0.15, -0.1) is 0 Å². The van der Waals surface area contributed by atoms with Crippen molar-refractivity contribution in [3.05, 3.63) is 30.0 Å². The lowest BCUT2D eigenvalue weighted by Crippen LogP contribution is -1.99. The minimum Gasteiger partial charge on any atom is -0.258 e. The van der Waals surface area contributed by atoms with Crippen molar-refractivity contribution in [2.24, 2.45) is 0 Å². The number of nitrogens with zero attached hydrogens (tertiary/aromatic N) is 2. The molecule has 1 aromatic rings. The van der Waals surface area contributed by atoms with Gasteiger partial charge in [0.25, 0.3) is 6.43 Å². The van der Waals surface area contributed by atoms with E-state index in [2.05, 4.69) is 20.9 Å². The van der Waals surface area contributed by atoms with Gasteiger partial charge in [0.05, 0.1) is 9.40 Å². The van der Waals surface area contributed by atoms with Crippen LogP contribution in [0.3, 0.4) is 0 Å². The molecule has 76 valence electrons. The number of hydrogen-bond donors (Lipinski definition) is 0. The number of hydrogen-bond acceptors (Lipinski definition) is 3. The number of nitro groups is 1. The van der Waals surface area contributed by atoms with Gasteiger partial charge in [-0.05, 0) is 38.5 Å². The largest absolute Gasteiger partial charge is 0.302 e. The topological polar surface area (TPSA) is 56.0 Å². The van der Waals surface area contributed by atoms with E-state index in [0.717, 1.165) is 6.07 Å². The Morgan fingerprint density at radius 3 is 2.64 bits per heavy atom. The highest BCUT2D eigenvalue weighted by Gasteiger charge is 2.21. The summed E-state index contributed by atoms with van der Waals surface area (Å²) in [5.74, 6) is 0. The molecule has 0 aliphatic carbocycles. The summed E-state index contributed by atoms with van der Waals surface area (Å²) >= 11 is 4.34. The van der Waals surface area contributed by atoms with Crippen LogP contribution < -0.4 is 0 Å². The predicted molar refractivity (Wildman–Crippen MR) is 56.3 cm³/mol. The monoisotopic (exact) mass is 378 g/mol. The molecule has 0 aromatic carbocycles. The fourth-order valence-corrected chi connectivity index (χ4v) is 1.84. The number of pyridine rings is 1. The molecule has 0 bridgehead atoms. The predicted octanol–water partition coefficient (Wildman–Crippen LogP) is 3.29. The maximum atomic E-state index is 12.3. The molecule has 0 atom stereocenters. The highest BCUT2D eigenvalue weighted by molar-refractivity contribution is 14.1. The van der Waals surface area contributed by atoms with Gasteiger partial charge in [-0.3, -0.25) is 10.1 Å². The molecule has 0 N–H and O–H groups in total. The van der Waals surface area contributed by atoms with E-state index in [9.17, 15) is 18.9 Å². The summed E-state index contributed by atoms with van der Waals surface area (Å²) in [5, 5.41) is 10.4. The summed E-state index contributed by atoms with van der Waals surface area (Å²) in [6.45, 7) is 0. The van der Waals surface area contributed by atoms with Crippen molar-refractivity contribution in [1.82, 2.24) is 4.98 Å². The first-order chi connectivity index (χ1) is 6.43. The molecule has 1 rings (SSSR count). The standard InChI is InChI=1S/C6H2BrF2IN2O2/c7-2-1-3(12(13)14)6(10)11-4(2)5(8)9/h1,5H. The average molecular weight is 379 g/mol. The van der Waals surface area contributed by atoms with E-state index in [1.165, 1.54) is 0 Å². The van der Waals surface area contributed by atoms with Crippen LogP contribution in [0, 0.1) is 13.8 Å². The molecule has 8 heteroatoms. The van der Waals surface area contributed by atoms with Crippen LogP contribution in [0.25, 0.3) is 0 Å². The summed E-state index contributed by atoms with van der Waals surface area (Å²) < 4.78 is 24.4. The molecule has 0 saturated heterocycles. The van der Waals surface area contributed by atoms with Crippen molar-refractivity contribution in [3.8, 4) is 0 Å². The van der Waals surface area contributed by atoms with E-state index in [4.69, 9.17) is 0 Å². The second-order valence-electron chi connectivity index (χ2n) is 2.22. The Balaban J connectivity index is 3.31. The van der Waals surface area contributed by atoms with Crippen molar-refractivity contribution in [3.63, 3.8) is 0 Å². The molecule has 0 amide bonds. The molecular formula is C6H2BrF2IN2O2. The molecule has 1 heterocycles. The Morgan fingerprint density at radius 1 is 1.64 bits per heavy atom. The molecule has 0 aliphatic rings. The Hall–Kier alpha value is -0.380. The number of halogens is 4.